The summed E-state index contributed by atoms with van der Waals surface area (Å²) in [5.41, 5.74) is 0. The molecule has 0 saturated carbocycles. The van der Waals surface area contributed by atoms with Gasteiger partial charge in [0, 0.05) is 21.1 Å². The van der Waals surface area contributed by atoms with Crippen LogP contribution in [0.4, 0.5) is 0 Å². The number of hydrogen-bond donors (Lipinski definition) is 0. The van der Waals surface area contributed by atoms with Gasteiger partial charge in [0.2, 0.25) is 0 Å². The summed E-state index contributed by atoms with van der Waals surface area (Å²) in [6, 6.07) is 0. The van der Waals surface area contributed by atoms with Gasteiger partial charge in [0.05, 0.1) is 0 Å². The quantitative estimate of drug-likeness (QED) is 0.572. The fourth-order valence-corrected chi connectivity index (χ4v) is 0.340. The van der Waals surface area contributed by atoms with E-state index in [0.29, 0.717) is 0 Å². The summed E-state index contributed by atoms with van der Waals surface area (Å²) in [7, 11) is 0. The van der Waals surface area contributed by atoms with Crippen LogP contribution >= 0.6 is 0 Å². The molecule has 6 heavy (non-hydrogen) atoms. The van der Waals surface area contributed by atoms with E-state index in [1.54, 1.807) is 0 Å². The fourth-order valence-electron chi connectivity index (χ4n) is 0.340. The zero-order chi connectivity index (χ0) is 3.54. The number of hydrogen-bond acceptors (Lipinski definition) is 0. The normalized spacial score (nSPS) is 14.7. The van der Waals surface area contributed by atoms with Crippen molar-refractivity contribution < 1.29 is 23.9 Å². The van der Waals surface area contributed by atoms with E-state index in [-0.39, 0.29) is 23.9 Å². The second-order valence-electron chi connectivity index (χ2n) is 1.00. The first-order valence-corrected chi connectivity index (χ1v) is 1.72. The van der Waals surface area contributed by atoms with Crippen molar-refractivity contribution >= 4 is 0 Å². The molecule has 0 N–H and O–H groups in total. The first kappa shape index (κ1) is 6.17. The van der Waals surface area contributed by atoms with Crippen LogP contribution < -0.4 is 0 Å². The van der Waals surface area contributed by atoms with Gasteiger partial charge in [-0.25, -0.2) is 12.2 Å². The Morgan fingerprint density at radius 3 is 2.67 bits per heavy atom. The van der Waals surface area contributed by atoms with Gasteiger partial charge in [-0.05, 0) is 0 Å². The van der Waals surface area contributed by atoms with Crippen LogP contribution in [0.15, 0.2) is 18.2 Å². The molecule has 0 heterocycles. The van der Waals surface area contributed by atoms with Gasteiger partial charge in [0.15, 0.2) is 0 Å². The molecular weight excluding hydrogens is 244 g/mol. The maximum atomic E-state index is 2.99. The molecule has 1 aliphatic rings. The van der Waals surface area contributed by atoms with E-state index in [1.165, 1.54) is 0 Å². The molecular formula is C5H7W-3. The molecule has 0 bridgehead atoms. The Hall–Kier alpha value is 0.168. The van der Waals surface area contributed by atoms with Crippen LogP contribution in [0.1, 0.15) is 9.27 Å². The molecule has 1 heteroatoms. The van der Waals surface area contributed by atoms with Crippen molar-refractivity contribution in [3.05, 3.63) is 24.3 Å². The van der Waals surface area contributed by atoms with Crippen molar-refractivity contribution in [3.8, 4) is 0 Å². The smallest absolute Gasteiger partial charge is 0 e. The van der Waals surface area contributed by atoms with Gasteiger partial charge in [-0.15, -0.1) is 6.42 Å². The summed E-state index contributed by atoms with van der Waals surface area (Å²) in [5.74, 6) is 0. The predicted octanol–water partition coefficient (Wildman–Crippen LogP) is 1.53. The van der Waals surface area contributed by atoms with Crippen LogP contribution in [0.5, 0.6) is 0 Å². The third kappa shape index (κ3) is 1.57. The molecule has 0 saturated heterocycles. The molecule has 0 aliphatic heterocycles. The maximum absolute atomic E-state index is 2.99. The van der Waals surface area contributed by atoms with E-state index >= 15 is 0 Å². The summed E-state index contributed by atoms with van der Waals surface area (Å²) in [6.07, 6.45) is 10.0. The van der Waals surface area contributed by atoms with Gasteiger partial charge in [-0.3, -0.25) is 6.08 Å². The van der Waals surface area contributed by atoms with Crippen molar-refractivity contribution in [2.75, 3.05) is 0 Å². The zero-order valence-corrected chi connectivity index (χ0v) is 6.28. The Kier molecular flexibility index (Phi) is 3.46. The average molecular weight is 251 g/mol. The topological polar surface area (TPSA) is 0 Å². The van der Waals surface area contributed by atoms with Crippen LogP contribution in [0.2, 0.25) is 0 Å². The molecule has 1 aliphatic carbocycles. The van der Waals surface area contributed by atoms with Crippen molar-refractivity contribution in [2.24, 2.45) is 0 Å². The minimum atomic E-state index is 0. The third-order valence-corrected chi connectivity index (χ3v) is 0.586. The fraction of sp³-hybridized carbons (Fsp3) is 0.200. The van der Waals surface area contributed by atoms with E-state index in [0.717, 1.165) is 6.42 Å². The molecule has 1 rings (SSSR count). The van der Waals surface area contributed by atoms with Crippen LogP contribution in [-0.4, -0.2) is 0 Å². The van der Waals surface area contributed by atoms with Crippen molar-refractivity contribution in [1.82, 2.24) is 0 Å². The Labute approximate surface area is 55.2 Å². The van der Waals surface area contributed by atoms with Crippen molar-refractivity contribution in [1.29, 1.82) is 0 Å². The summed E-state index contributed by atoms with van der Waals surface area (Å²) in [5, 5.41) is 0. The molecule has 0 aromatic carbocycles. The minimum Gasteiger partial charge on any atom is -1.00 e. The average Bonchev–Trinajstić information content (AvgIpc) is 1.76. The van der Waals surface area contributed by atoms with E-state index in [2.05, 4.69) is 12.2 Å². The standard InChI is InChI=1S/C5H5.W.2H/c1-2-4-5-3-1;;;/h1-3H,4H2;;;/q-1;;2*-1. The van der Waals surface area contributed by atoms with E-state index in [4.69, 9.17) is 0 Å². The molecule has 36 valence electrons. The first-order chi connectivity index (χ1) is 2.50. The van der Waals surface area contributed by atoms with Crippen LogP contribution in [0.25, 0.3) is 0 Å². The van der Waals surface area contributed by atoms with Crippen molar-refractivity contribution in [2.45, 2.75) is 6.42 Å². The molecule has 0 spiro atoms. The zero-order valence-electron chi connectivity index (χ0n) is 5.35. The summed E-state index contributed by atoms with van der Waals surface area (Å²) in [6.45, 7) is 0. The molecule has 0 nitrogen and oxygen atoms in total. The molecule has 0 unspecified atom stereocenters. The van der Waals surface area contributed by atoms with Gasteiger partial charge in [0.25, 0.3) is 0 Å². The Morgan fingerprint density at radius 1 is 1.67 bits per heavy atom. The Morgan fingerprint density at radius 2 is 2.50 bits per heavy atom. The van der Waals surface area contributed by atoms with Gasteiger partial charge >= 0.3 is 0 Å². The number of rotatable bonds is 0. The molecule has 0 radical (unpaired) electrons. The molecule has 0 aromatic heterocycles. The van der Waals surface area contributed by atoms with Crippen molar-refractivity contribution in [3.63, 3.8) is 0 Å². The molecule has 0 aromatic rings. The van der Waals surface area contributed by atoms with E-state index < -0.39 is 0 Å². The van der Waals surface area contributed by atoms with Crippen LogP contribution in [-0.2, 0) is 21.1 Å². The second-order valence-corrected chi connectivity index (χ2v) is 1.00. The van der Waals surface area contributed by atoms with E-state index in [9.17, 15) is 0 Å². The van der Waals surface area contributed by atoms with Gasteiger partial charge in [-0.2, -0.15) is 6.08 Å². The van der Waals surface area contributed by atoms with E-state index in [1.807, 2.05) is 12.2 Å². The third-order valence-electron chi connectivity index (χ3n) is 0.586. The van der Waals surface area contributed by atoms with Gasteiger partial charge in [0.1, 0.15) is 0 Å². The largest absolute Gasteiger partial charge is 1.00 e. The maximum Gasteiger partial charge on any atom is 0 e. The predicted molar refractivity (Wildman–Crippen MR) is 23.8 cm³/mol. The minimum absolute atomic E-state index is 0. The van der Waals surface area contributed by atoms with Crippen LogP contribution in [0, 0.1) is 6.08 Å². The summed E-state index contributed by atoms with van der Waals surface area (Å²) in [4.78, 5) is 0. The molecule has 0 fully saturated rings. The molecule has 0 atom stereocenters. The second kappa shape index (κ2) is 3.36. The summed E-state index contributed by atoms with van der Waals surface area (Å²) < 4.78 is 0. The van der Waals surface area contributed by atoms with Crippen LogP contribution in [0.3, 0.4) is 0 Å². The SMILES string of the molecule is [C-]1=CC=CC1.[H-].[H-].[W]. The Bertz CT molecular complexity index is 68.5. The molecule has 0 amide bonds. The van der Waals surface area contributed by atoms with Gasteiger partial charge in [-0.1, -0.05) is 0 Å². The number of allylic oxidation sites excluding steroid dienone is 4. The summed E-state index contributed by atoms with van der Waals surface area (Å²) >= 11 is 0. The monoisotopic (exact) mass is 251 g/mol. The first-order valence-electron chi connectivity index (χ1n) is 1.72. The van der Waals surface area contributed by atoms with Gasteiger partial charge < -0.3 is 2.85 Å². The Balaban J connectivity index is -0.0000000833.